The normalized spacial score (nSPS) is 17.6. The van der Waals surface area contributed by atoms with Crippen LogP contribution >= 0.6 is 0 Å². The first-order valence-electron chi connectivity index (χ1n) is 10.9. The first-order chi connectivity index (χ1) is 15.5. The molecule has 0 radical (unpaired) electrons. The highest BCUT2D eigenvalue weighted by atomic mass is 16.5. The van der Waals surface area contributed by atoms with Crippen molar-refractivity contribution in [2.75, 3.05) is 12.4 Å². The fourth-order valence-corrected chi connectivity index (χ4v) is 5.39. The third-order valence-corrected chi connectivity index (χ3v) is 7.07. The van der Waals surface area contributed by atoms with Gasteiger partial charge in [-0.05, 0) is 66.3 Å². The van der Waals surface area contributed by atoms with Crippen molar-refractivity contribution in [1.82, 2.24) is 4.57 Å². The summed E-state index contributed by atoms with van der Waals surface area (Å²) in [6.07, 6.45) is 0.944. The summed E-state index contributed by atoms with van der Waals surface area (Å²) in [4.78, 5) is 12.5. The second-order valence-corrected chi connectivity index (χ2v) is 8.83. The number of carbonyl (C=O) groups excluding carboxylic acids is 1. The number of para-hydroxylation sites is 2. The Morgan fingerprint density at radius 2 is 1.72 bits per heavy atom. The van der Waals surface area contributed by atoms with Crippen LogP contribution in [0.25, 0.3) is 16.8 Å². The van der Waals surface area contributed by atoms with Crippen molar-refractivity contribution >= 4 is 11.7 Å². The van der Waals surface area contributed by atoms with Crippen LogP contribution in [0.5, 0.6) is 0 Å². The zero-order valence-corrected chi connectivity index (χ0v) is 18.4. The molecule has 0 spiro atoms. The molecule has 4 heteroatoms. The Morgan fingerprint density at radius 1 is 0.969 bits per heavy atom. The van der Waals surface area contributed by atoms with Crippen LogP contribution in [0.2, 0.25) is 0 Å². The van der Waals surface area contributed by atoms with Gasteiger partial charge in [-0.2, -0.15) is 0 Å². The maximum atomic E-state index is 12.5. The third-order valence-electron chi connectivity index (χ3n) is 7.07. The molecule has 0 saturated carbocycles. The monoisotopic (exact) mass is 420 g/mol. The molecule has 2 heterocycles. The van der Waals surface area contributed by atoms with Crippen molar-refractivity contribution in [3.63, 3.8) is 0 Å². The SMILES string of the molecule is COC(=O)c1cc2n(c1C)-c1ccccc1NC2(C)c1ccc2c(c1)Cc1ccccc1-2. The number of nitrogens with zero attached hydrogens (tertiary/aromatic N) is 1. The molecule has 0 saturated heterocycles. The maximum absolute atomic E-state index is 12.5. The van der Waals surface area contributed by atoms with E-state index in [1.165, 1.54) is 34.9 Å². The van der Waals surface area contributed by atoms with E-state index in [1.807, 2.05) is 25.1 Å². The standard InChI is InChI=1S/C28H24N2O2/c1-17-23(27(31)32-3)16-26-28(2,29-24-10-6-7-11-25(24)30(17)26)20-12-13-22-19(15-20)14-18-8-4-5-9-21(18)22/h4-13,15-16,29H,14H2,1-3H3. The van der Waals surface area contributed by atoms with Gasteiger partial charge in [0, 0.05) is 5.69 Å². The molecule has 3 aromatic carbocycles. The summed E-state index contributed by atoms with van der Waals surface area (Å²) in [5.41, 5.74) is 10.6. The highest BCUT2D eigenvalue weighted by molar-refractivity contribution is 5.92. The molecule has 0 bridgehead atoms. The molecule has 4 aromatic rings. The summed E-state index contributed by atoms with van der Waals surface area (Å²) < 4.78 is 7.27. The van der Waals surface area contributed by atoms with Crippen LogP contribution in [-0.2, 0) is 16.7 Å². The van der Waals surface area contributed by atoms with Gasteiger partial charge in [0.1, 0.15) is 5.54 Å². The van der Waals surface area contributed by atoms with Gasteiger partial charge in [0.25, 0.3) is 0 Å². The lowest BCUT2D eigenvalue weighted by molar-refractivity contribution is 0.0600. The lowest BCUT2D eigenvalue weighted by atomic mass is 9.84. The number of hydrogen-bond donors (Lipinski definition) is 1. The minimum absolute atomic E-state index is 0.311. The number of fused-ring (bicyclic) bond motifs is 6. The lowest BCUT2D eigenvalue weighted by Gasteiger charge is -2.39. The van der Waals surface area contributed by atoms with E-state index in [1.54, 1.807) is 0 Å². The second-order valence-electron chi connectivity index (χ2n) is 8.83. The van der Waals surface area contributed by atoms with Gasteiger partial charge in [-0.15, -0.1) is 0 Å². The van der Waals surface area contributed by atoms with Crippen molar-refractivity contribution < 1.29 is 9.53 Å². The van der Waals surface area contributed by atoms with Gasteiger partial charge in [-0.1, -0.05) is 54.6 Å². The van der Waals surface area contributed by atoms with Crippen LogP contribution in [0.15, 0.2) is 72.8 Å². The molecule has 4 nitrogen and oxygen atoms in total. The van der Waals surface area contributed by atoms with Crippen molar-refractivity contribution in [1.29, 1.82) is 0 Å². The lowest BCUT2D eigenvalue weighted by Crippen LogP contribution is -2.39. The van der Waals surface area contributed by atoms with Gasteiger partial charge in [0.2, 0.25) is 0 Å². The van der Waals surface area contributed by atoms with Crippen LogP contribution < -0.4 is 5.32 Å². The Kier molecular flexibility index (Phi) is 3.91. The van der Waals surface area contributed by atoms with Crippen molar-refractivity contribution in [3.05, 3.63) is 106 Å². The molecule has 2 aliphatic rings. The highest BCUT2D eigenvalue weighted by Gasteiger charge is 2.39. The molecule has 1 N–H and O–H groups in total. The predicted molar refractivity (Wildman–Crippen MR) is 127 cm³/mol. The molecule has 158 valence electrons. The topological polar surface area (TPSA) is 43.3 Å². The summed E-state index contributed by atoms with van der Waals surface area (Å²) in [5, 5.41) is 3.78. The number of hydrogen-bond acceptors (Lipinski definition) is 3. The molecule has 1 aliphatic carbocycles. The summed E-state index contributed by atoms with van der Waals surface area (Å²) >= 11 is 0. The first kappa shape index (κ1) is 18.9. The number of carbonyl (C=O) groups is 1. The number of nitrogens with one attached hydrogen (secondary N) is 1. The number of anilines is 1. The van der Waals surface area contributed by atoms with E-state index in [9.17, 15) is 4.79 Å². The molecule has 32 heavy (non-hydrogen) atoms. The molecular weight excluding hydrogens is 396 g/mol. The molecule has 1 aromatic heterocycles. The van der Waals surface area contributed by atoms with Crippen LogP contribution in [0.3, 0.4) is 0 Å². The minimum atomic E-state index is -0.505. The fraction of sp³-hybridized carbons (Fsp3) is 0.179. The number of ether oxygens (including phenoxy) is 1. The van der Waals surface area contributed by atoms with Crippen molar-refractivity contribution in [3.8, 4) is 16.8 Å². The van der Waals surface area contributed by atoms with Gasteiger partial charge >= 0.3 is 5.97 Å². The number of esters is 1. The van der Waals surface area contributed by atoms with Gasteiger partial charge < -0.3 is 14.6 Å². The summed E-state index contributed by atoms with van der Waals surface area (Å²) in [6, 6.07) is 25.6. The zero-order valence-electron chi connectivity index (χ0n) is 18.4. The van der Waals surface area contributed by atoms with Crippen LogP contribution in [-0.4, -0.2) is 17.6 Å². The molecule has 1 aliphatic heterocycles. The van der Waals surface area contributed by atoms with Gasteiger partial charge in [0.05, 0.1) is 29.7 Å². The second kappa shape index (κ2) is 6.60. The molecule has 0 fully saturated rings. The number of methoxy groups -OCH3 is 1. The van der Waals surface area contributed by atoms with Crippen molar-refractivity contribution in [2.24, 2.45) is 0 Å². The number of benzene rings is 3. The Hall–Kier alpha value is -3.79. The molecular formula is C28H24N2O2. The van der Waals surface area contributed by atoms with E-state index in [0.717, 1.165) is 29.2 Å². The van der Waals surface area contributed by atoms with E-state index < -0.39 is 5.54 Å². The van der Waals surface area contributed by atoms with Crippen LogP contribution in [0, 0.1) is 6.92 Å². The number of aromatic nitrogens is 1. The molecule has 1 atom stereocenters. The summed E-state index contributed by atoms with van der Waals surface area (Å²) in [7, 11) is 1.43. The summed E-state index contributed by atoms with van der Waals surface area (Å²) in [6.45, 7) is 4.18. The Labute approximate surface area is 187 Å². The Balaban J connectivity index is 1.56. The van der Waals surface area contributed by atoms with Gasteiger partial charge in [-0.3, -0.25) is 0 Å². The van der Waals surface area contributed by atoms with Gasteiger partial charge in [0.15, 0.2) is 0 Å². The average Bonchev–Trinajstić information content (AvgIpc) is 3.37. The smallest absolute Gasteiger partial charge is 0.339 e. The van der Waals surface area contributed by atoms with E-state index in [2.05, 4.69) is 71.4 Å². The third kappa shape index (κ3) is 2.46. The minimum Gasteiger partial charge on any atom is -0.465 e. The molecule has 1 unspecified atom stereocenters. The van der Waals surface area contributed by atoms with E-state index >= 15 is 0 Å². The predicted octanol–water partition coefficient (Wildman–Crippen LogP) is 5.83. The molecule has 0 amide bonds. The van der Waals surface area contributed by atoms with E-state index in [0.29, 0.717) is 5.56 Å². The first-order valence-corrected chi connectivity index (χ1v) is 10.9. The van der Waals surface area contributed by atoms with Crippen LogP contribution in [0.1, 0.15) is 45.4 Å². The van der Waals surface area contributed by atoms with Gasteiger partial charge in [-0.25, -0.2) is 4.79 Å². The summed E-state index contributed by atoms with van der Waals surface area (Å²) in [5.74, 6) is -0.311. The quantitative estimate of drug-likeness (QED) is 0.365. The Bertz CT molecular complexity index is 1410. The Morgan fingerprint density at radius 3 is 2.56 bits per heavy atom. The highest BCUT2D eigenvalue weighted by Crippen LogP contribution is 2.45. The zero-order chi connectivity index (χ0) is 22.0. The average molecular weight is 421 g/mol. The fourth-order valence-electron chi connectivity index (χ4n) is 5.39. The maximum Gasteiger partial charge on any atom is 0.339 e. The van der Waals surface area contributed by atoms with E-state index in [-0.39, 0.29) is 5.97 Å². The largest absolute Gasteiger partial charge is 0.465 e. The number of rotatable bonds is 2. The van der Waals surface area contributed by atoms with Crippen molar-refractivity contribution in [2.45, 2.75) is 25.8 Å². The van der Waals surface area contributed by atoms with Crippen LogP contribution in [0.4, 0.5) is 5.69 Å². The van der Waals surface area contributed by atoms with E-state index in [4.69, 9.17) is 4.74 Å². The molecule has 6 rings (SSSR count).